The number of hydrogen-bond donors (Lipinski definition) is 0. The second-order valence-electron chi connectivity index (χ2n) is 4.60. The summed E-state index contributed by atoms with van der Waals surface area (Å²) in [5, 5.41) is 4.17. The van der Waals surface area contributed by atoms with Gasteiger partial charge in [-0.2, -0.15) is 5.10 Å². The Labute approximate surface area is 100 Å². The minimum absolute atomic E-state index is 0.132. The monoisotopic (exact) mass is 226 g/mol. The summed E-state index contributed by atoms with van der Waals surface area (Å²) in [6, 6.07) is 12.0. The zero-order chi connectivity index (χ0) is 11.8. The van der Waals surface area contributed by atoms with E-state index in [4.69, 9.17) is 0 Å². The molecular formula is C14H14N2O. The predicted molar refractivity (Wildman–Crippen MR) is 64.8 cm³/mol. The third kappa shape index (κ3) is 1.88. The second kappa shape index (κ2) is 3.84. The van der Waals surface area contributed by atoms with Crippen LogP contribution in [0.15, 0.2) is 42.6 Å². The lowest BCUT2D eigenvalue weighted by Gasteiger charge is -1.98. The van der Waals surface area contributed by atoms with Crippen molar-refractivity contribution in [1.29, 1.82) is 0 Å². The molecule has 1 heterocycles. The Bertz CT molecular complexity index is 544. The van der Waals surface area contributed by atoms with Gasteiger partial charge in [0, 0.05) is 19.2 Å². The van der Waals surface area contributed by atoms with Crippen molar-refractivity contribution in [2.75, 3.05) is 0 Å². The van der Waals surface area contributed by atoms with E-state index in [0.29, 0.717) is 11.6 Å². The lowest BCUT2D eigenvalue weighted by molar-refractivity contribution is 0.0959. The fourth-order valence-electron chi connectivity index (χ4n) is 2.29. The van der Waals surface area contributed by atoms with Crippen LogP contribution in [0.25, 0.3) is 0 Å². The van der Waals surface area contributed by atoms with Gasteiger partial charge in [-0.05, 0) is 24.0 Å². The van der Waals surface area contributed by atoms with Gasteiger partial charge in [-0.1, -0.05) is 30.3 Å². The maximum atomic E-state index is 12.1. The van der Waals surface area contributed by atoms with Crippen molar-refractivity contribution in [3.05, 3.63) is 53.9 Å². The minimum atomic E-state index is 0.132. The van der Waals surface area contributed by atoms with Gasteiger partial charge in [-0.3, -0.25) is 9.48 Å². The van der Waals surface area contributed by atoms with Crippen LogP contribution in [0.1, 0.15) is 28.4 Å². The molecule has 2 atom stereocenters. The quantitative estimate of drug-likeness (QED) is 0.753. The van der Waals surface area contributed by atoms with E-state index in [2.05, 4.69) is 17.2 Å². The summed E-state index contributed by atoms with van der Waals surface area (Å²) in [4.78, 5) is 12.1. The molecule has 1 aromatic carbocycles. The van der Waals surface area contributed by atoms with Gasteiger partial charge in [0.15, 0.2) is 5.78 Å². The predicted octanol–water partition coefficient (Wildman–Crippen LogP) is 2.41. The molecule has 0 spiro atoms. The van der Waals surface area contributed by atoms with Crippen molar-refractivity contribution in [3.63, 3.8) is 0 Å². The summed E-state index contributed by atoms with van der Waals surface area (Å²) in [5.74, 6) is 0.706. The maximum Gasteiger partial charge on any atom is 0.186 e. The van der Waals surface area contributed by atoms with Gasteiger partial charge in [0.2, 0.25) is 0 Å². The number of nitrogens with zero attached hydrogens (tertiary/aromatic N) is 2. The number of carbonyl (C=O) groups is 1. The number of aromatic nitrogens is 2. The van der Waals surface area contributed by atoms with Crippen LogP contribution in [0.5, 0.6) is 0 Å². The summed E-state index contributed by atoms with van der Waals surface area (Å²) < 4.78 is 1.67. The van der Waals surface area contributed by atoms with E-state index in [9.17, 15) is 4.79 Å². The Balaban J connectivity index is 1.75. The Morgan fingerprint density at radius 3 is 2.71 bits per heavy atom. The SMILES string of the molecule is Cn1ccc(C(=O)C2CC2c2ccccc2)n1. The lowest BCUT2D eigenvalue weighted by Crippen LogP contribution is -2.05. The average molecular weight is 226 g/mol. The summed E-state index contributed by atoms with van der Waals surface area (Å²) in [7, 11) is 1.83. The summed E-state index contributed by atoms with van der Waals surface area (Å²) in [6.07, 6.45) is 2.77. The number of hydrogen-bond acceptors (Lipinski definition) is 2. The van der Waals surface area contributed by atoms with Gasteiger partial charge in [0.05, 0.1) is 0 Å². The number of rotatable bonds is 3. The van der Waals surface area contributed by atoms with E-state index in [1.807, 2.05) is 31.4 Å². The van der Waals surface area contributed by atoms with Crippen molar-refractivity contribution in [3.8, 4) is 0 Å². The molecule has 1 fully saturated rings. The van der Waals surface area contributed by atoms with E-state index in [0.717, 1.165) is 6.42 Å². The highest BCUT2D eigenvalue weighted by molar-refractivity contribution is 5.98. The van der Waals surface area contributed by atoms with E-state index < -0.39 is 0 Å². The molecule has 0 saturated heterocycles. The van der Waals surface area contributed by atoms with Crippen LogP contribution in [0.4, 0.5) is 0 Å². The molecule has 1 aliphatic carbocycles. The Morgan fingerprint density at radius 2 is 2.06 bits per heavy atom. The largest absolute Gasteiger partial charge is 0.292 e. The van der Waals surface area contributed by atoms with E-state index in [1.165, 1.54) is 5.56 Å². The third-order valence-corrected chi connectivity index (χ3v) is 3.32. The molecule has 17 heavy (non-hydrogen) atoms. The number of benzene rings is 1. The molecule has 0 N–H and O–H groups in total. The summed E-state index contributed by atoms with van der Waals surface area (Å²) in [5.41, 5.74) is 1.86. The molecule has 2 unspecified atom stereocenters. The van der Waals surface area contributed by atoms with Crippen molar-refractivity contribution in [2.24, 2.45) is 13.0 Å². The molecule has 1 aromatic heterocycles. The number of aryl methyl sites for hydroxylation is 1. The molecule has 0 radical (unpaired) electrons. The zero-order valence-electron chi connectivity index (χ0n) is 9.71. The van der Waals surface area contributed by atoms with E-state index in [-0.39, 0.29) is 11.7 Å². The van der Waals surface area contributed by atoms with Crippen molar-refractivity contribution in [2.45, 2.75) is 12.3 Å². The molecule has 86 valence electrons. The van der Waals surface area contributed by atoms with Crippen molar-refractivity contribution >= 4 is 5.78 Å². The number of carbonyl (C=O) groups excluding carboxylic acids is 1. The van der Waals surface area contributed by atoms with Gasteiger partial charge >= 0.3 is 0 Å². The maximum absolute atomic E-state index is 12.1. The van der Waals surface area contributed by atoms with Gasteiger partial charge in [0.1, 0.15) is 5.69 Å². The first-order valence-electron chi connectivity index (χ1n) is 5.84. The second-order valence-corrected chi connectivity index (χ2v) is 4.60. The topological polar surface area (TPSA) is 34.9 Å². The lowest BCUT2D eigenvalue weighted by atomic mass is 10.1. The zero-order valence-corrected chi connectivity index (χ0v) is 9.71. The smallest absolute Gasteiger partial charge is 0.186 e. The van der Waals surface area contributed by atoms with Crippen molar-refractivity contribution in [1.82, 2.24) is 9.78 Å². The van der Waals surface area contributed by atoms with Crippen LogP contribution in [-0.2, 0) is 7.05 Å². The van der Waals surface area contributed by atoms with Gasteiger partial charge in [-0.25, -0.2) is 0 Å². The standard InChI is InChI=1S/C14H14N2O/c1-16-8-7-13(15-16)14(17)12-9-11(12)10-5-3-2-4-6-10/h2-8,11-12H,9H2,1H3. The first kappa shape index (κ1) is 10.3. The van der Waals surface area contributed by atoms with Crippen LogP contribution in [0, 0.1) is 5.92 Å². The van der Waals surface area contributed by atoms with E-state index in [1.54, 1.807) is 10.7 Å². The van der Waals surface area contributed by atoms with Crippen LogP contribution in [0.2, 0.25) is 0 Å². The third-order valence-electron chi connectivity index (χ3n) is 3.32. The van der Waals surface area contributed by atoms with E-state index >= 15 is 0 Å². The number of ketones is 1. The molecular weight excluding hydrogens is 212 g/mol. The van der Waals surface area contributed by atoms with Gasteiger partial charge in [0.25, 0.3) is 0 Å². The Morgan fingerprint density at radius 1 is 1.29 bits per heavy atom. The highest BCUT2D eigenvalue weighted by Gasteiger charge is 2.44. The van der Waals surface area contributed by atoms with Crippen LogP contribution >= 0.6 is 0 Å². The molecule has 0 aliphatic heterocycles. The molecule has 3 nitrogen and oxygen atoms in total. The fourth-order valence-corrected chi connectivity index (χ4v) is 2.29. The molecule has 3 rings (SSSR count). The highest BCUT2D eigenvalue weighted by atomic mass is 16.1. The van der Waals surface area contributed by atoms with Gasteiger partial charge in [-0.15, -0.1) is 0 Å². The van der Waals surface area contributed by atoms with Crippen LogP contribution < -0.4 is 0 Å². The van der Waals surface area contributed by atoms with Crippen LogP contribution in [0.3, 0.4) is 0 Å². The molecule has 0 amide bonds. The molecule has 1 aliphatic rings. The summed E-state index contributed by atoms with van der Waals surface area (Å²) >= 11 is 0. The molecule has 1 saturated carbocycles. The van der Waals surface area contributed by atoms with Crippen LogP contribution in [-0.4, -0.2) is 15.6 Å². The van der Waals surface area contributed by atoms with Gasteiger partial charge < -0.3 is 0 Å². The number of Topliss-reactive ketones (excluding diaryl/α,β-unsaturated/α-hetero) is 1. The first-order chi connectivity index (χ1) is 8.25. The molecule has 3 heteroatoms. The fraction of sp³-hybridized carbons (Fsp3) is 0.286. The molecule has 0 bridgehead atoms. The summed E-state index contributed by atoms with van der Waals surface area (Å²) in [6.45, 7) is 0. The normalized spacial score (nSPS) is 22.4. The highest BCUT2D eigenvalue weighted by Crippen LogP contribution is 2.48. The Kier molecular flexibility index (Phi) is 2.32. The first-order valence-corrected chi connectivity index (χ1v) is 5.84. The minimum Gasteiger partial charge on any atom is -0.292 e. The average Bonchev–Trinajstić information content (AvgIpc) is 3.05. The van der Waals surface area contributed by atoms with Crippen molar-refractivity contribution < 1.29 is 4.79 Å². The molecule has 2 aromatic rings. The Hall–Kier alpha value is -1.90.